The topological polar surface area (TPSA) is 99.8 Å². The van der Waals surface area contributed by atoms with Gasteiger partial charge in [-0.25, -0.2) is 9.97 Å². The summed E-state index contributed by atoms with van der Waals surface area (Å²) in [6.45, 7) is 4.15. The van der Waals surface area contributed by atoms with E-state index in [0.29, 0.717) is 18.1 Å². The molecule has 2 heterocycles. The Hall–Kier alpha value is -3.80. The normalized spacial score (nSPS) is 11.9. The summed E-state index contributed by atoms with van der Waals surface area (Å²) in [6, 6.07) is 19.6. The third-order valence-electron chi connectivity index (χ3n) is 5.12. The van der Waals surface area contributed by atoms with Crippen LogP contribution in [-0.4, -0.2) is 20.1 Å². The number of nitrogens with two attached hydrogens (primary N) is 1. The summed E-state index contributed by atoms with van der Waals surface area (Å²) in [5, 5.41) is 13.3. The van der Waals surface area contributed by atoms with Crippen molar-refractivity contribution in [3.63, 3.8) is 0 Å². The molecule has 0 bridgehead atoms. The van der Waals surface area contributed by atoms with Crippen LogP contribution in [0.4, 0.5) is 11.6 Å². The molecule has 5 N–H and O–H groups in total. The molecular weight excluding hydrogens is 374 g/mol. The smallest absolute Gasteiger partial charge is 0.135 e. The van der Waals surface area contributed by atoms with E-state index in [-0.39, 0.29) is 11.8 Å². The zero-order chi connectivity index (χ0) is 21.1. The Morgan fingerprint density at radius 3 is 2.63 bits per heavy atom. The highest BCUT2D eigenvalue weighted by Crippen LogP contribution is 2.32. The van der Waals surface area contributed by atoms with Gasteiger partial charge in [-0.1, -0.05) is 42.5 Å². The SMILES string of the molecule is Cc1cc(-c2ccccc2)c(C(C)Nc2ncnc(N)c2Cc2cccc(O)c2)[nH]1. The molecule has 0 spiro atoms. The van der Waals surface area contributed by atoms with Gasteiger partial charge in [-0.15, -0.1) is 0 Å². The fourth-order valence-corrected chi connectivity index (χ4v) is 3.68. The molecule has 0 radical (unpaired) electrons. The lowest BCUT2D eigenvalue weighted by Gasteiger charge is -2.19. The van der Waals surface area contributed by atoms with Crippen LogP contribution in [0.3, 0.4) is 0 Å². The average Bonchev–Trinajstić information content (AvgIpc) is 3.13. The third kappa shape index (κ3) is 4.12. The summed E-state index contributed by atoms with van der Waals surface area (Å²) in [6.07, 6.45) is 1.99. The predicted octanol–water partition coefficient (Wildman–Crippen LogP) is 4.83. The van der Waals surface area contributed by atoms with E-state index in [1.807, 2.05) is 30.3 Å². The minimum atomic E-state index is -0.0360. The van der Waals surface area contributed by atoms with E-state index in [9.17, 15) is 5.11 Å². The molecule has 0 saturated carbocycles. The number of benzene rings is 2. The Morgan fingerprint density at radius 1 is 1.07 bits per heavy atom. The number of H-pyrrole nitrogens is 1. The first-order valence-electron chi connectivity index (χ1n) is 9.90. The van der Waals surface area contributed by atoms with Crippen LogP contribution in [0, 0.1) is 6.92 Å². The molecule has 1 unspecified atom stereocenters. The van der Waals surface area contributed by atoms with Gasteiger partial charge in [0, 0.05) is 28.9 Å². The van der Waals surface area contributed by atoms with Crippen LogP contribution in [0.2, 0.25) is 0 Å². The molecule has 2 aromatic heterocycles. The van der Waals surface area contributed by atoms with Gasteiger partial charge in [0.15, 0.2) is 0 Å². The van der Waals surface area contributed by atoms with Crippen molar-refractivity contribution in [2.75, 3.05) is 11.1 Å². The Morgan fingerprint density at radius 2 is 1.87 bits per heavy atom. The summed E-state index contributed by atoms with van der Waals surface area (Å²) in [4.78, 5) is 12.1. The van der Waals surface area contributed by atoms with Crippen LogP contribution < -0.4 is 11.1 Å². The molecule has 1 atom stereocenters. The van der Waals surface area contributed by atoms with Gasteiger partial charge in [-0.05, 0) is 43.2 Å². The van der Waals surface area contributed by atoms with Crippen LogP contribution in [0.15, 0.2) is 67.0 Å². The number of phenols is 1. The molecule has 0 aliphatic rings. The van der Waals surface area contributed by atoms with Crippen LogP contribution in [0.1, 0.15) is 35.5 Å². The summed E-state index contributed by atoms with van der Waals surface area (Å²) in [7, 11) is 0. The fourth-order valence-electron chi connectivity index (χ4n) is 3.68. The van der Waals surface area contributed by atoms with E-state index >= 15 is 0 Å². The van der Waals surface area contributed by atoms with E-state index in [0.717, 1.165) is 33.6 Å². The van der Waals surface area contributed by atoms with E-state index in [1.54, 1.807) is 12.1 Å². The minimum Gasteiger partial charge on any atom is -0.508 e. The molecule has 152 valence electrons. The molecule has 2 aromatic carbocycles. The van der Waals surface area contributed by atoms with Crippen molar-refractivity contribution in [1.29, 1.82) is 0 Å². The molecule has 0 saturated heterocycles. The molecule has 4 rings (SSSR count). The predicted molar refractivity (Wildman–Crippen MR) is 120 cm³/mol. The Labute approximate surface area is 175 Å². The Kier molecular flexibility index (Phi) is 5.39. The number of hydrogen-bond donors (Lipinski definition) is 4. The third-order valence-corrected chi connectivity index (χ3v) is 5.12. The molecule has 0 aliphatic heterocycles. The minimum absolute atomic E-state index is 0.0360. The summed E-state index contributed by atoms with van der Waals surface area (Å²) < 4.78 is 0. The molecule has 30 heavy (non-hydrogen) atoms. The lowest BCUT2D eigenvalue weighted by Crippen LogP contribution is -2.13. The molecule has 0 aliphatic carbocycles. The fraction of sp³-hybridized carbons (Fsp3) is 0.167. The van der Waals surface area contributed by atoms with E-state index < -0.39 is 0 Å². The number of aryl methyl sites for hydroxylation is 1. The van der Waals surface area contributed by atoms with Gasteiger partial charge in [-0.2, -0.15) is 0 Å². The number of anilines is 2. The van der Waals surface area contributed by atoms with Gasteiger partial charge in [0.05, 0.1) is 6.04 Å². The zero-order valence-electron chi connectivity index (χ0n) is 17.1. The molecule has 0 fully saturated rings. The first kappa shape index (κ1) is 19.5. The number of nitrogen functional groups attached to an aromatic ring is 1. The number of aromatic amines is 1. The number of hydrogen-bond acceptors (Lipinski definition) is 5. The summed E-state index contributed by atoms with van der Waals surface area (Å²) in [5.74, 6) is 1.33. The standard InChI is InChI=1S/C24H25N5O/c1-15-11-20(18-8-4-3-5-9-18)22(28-15)16(2)29-24-21(23(25)26-14-27-24)13-17-7-6-10-19(30)12-17/h3-12,14,16,28,30H,13H2,1-2H3,(H3,25,26,27,29). The van der Waals surface area contributed by atoms with Crippen molar-refractivity contribution in [3.8, 4) is 16.9 Å². The highest BCUT2D eigenvalue weighted by molar-refractivity contribution is 5.68. The quantitative estimate of drug-likeness (QED) is 0.372. The maximum Gasteiger partial charge on any atom is 0.135 e. The first-order valence-corrected chi connectivity index (χ1v) is 9.90. The highest BCUT2D eigenvalue weighted by atomic mass is 16.3. The monoisotopic (exact) mass is 399 g/mol. The number of rotatable bonds is 6. The largest absolute Gasteiger partial charge is 0.508 e. The number of aromatic hydroxyl groups is 1. The number of phenolic OH excluding ortho intramolecular Hbond substituents is 1. The lowest BCUT2D eigenvalue weighted by molar-refractivity contribution is 0.474. The number of aromatic nitrogens is 3. The number of nitrogens with zero attached hydrogens (tertiary/aromatic N) is 2. The molecular formula is C24H25N5O. The highest BCUT2D eigenvalue weighted by Gasteiger charge is 2.18. The van der Waals surface area contributed by atoms with Crippen molar-refractivity contribution in [3.05, 3.63) is 89.5 Å². The molecule has 4 aromatic rings. The van der Waals surface area contributed by atoms with Crippen LogP contribution in [0.5, 0.6) is 5.75 Å². The van der Waals surface area contributed by atoms with Gasteiger partial charge >= 0.3 is 0 Å². The van der Waals surface area contributed by atoms with Crippen molar-refractivity contribution in [1.82, 2.24) is 15.0 Å². The molecule has 6 nitrogen and oxygen atoms in total. The molecule has 6 heteroatoms. The Balaban J connectivity index is 1.65. The van der Waals surface area contributed by atoms with Gasteiger partial charge in [0.1, 0.15) is 23.7 Å². The average molecular weight is 399 g/mol. The second-order valence-electron chi connectivity index (χ2n) is 7.44. The van der Waals surface area contributed by atoms with Gasteiger partial charge in [0.25, 0.3) is 0 Å². The lowest BCUT2D eigenvalue weighted by atomic mass is 10.0. The van der Waals surface area contributed by atoms with Crippen LogP contribution >= 0.6 is 0 Å². The second-order valence-corrected chi connectivity index (χ2v) is 7.44. The Bertz CT molecular complexity index is 1150. The van der Waals surface area contributed by atoms with Gasteiger partial charge in [-0.3, -0.25) is 0 Å². The first-order chi connectivity index (χ1) is 14.5. The van der Waals surface area contributed by atoms with Crippen molar-refractivity contribution < 1.29 is 5.11 Å². The van der Waals surface area contributed by atoms with Crippen molar-refractivity contribution in [2.24, 2.45) is 0 Å². The van der Waals surface area contributed by atoms with Crippen LogP contribution in [-0.2, 0) is 6.42 Å². The van der Waals surface area contributed by atoms with Gasteiger partial charge in [0.2, 0.25) is 0 Å². The van der Waals surface area contributed by atoms with E-state index in [2.05, 4.69) is 52.3 Å². The van der Waals surface area contributed by atoms with E-state index in [1.165, 1.54) is 6.33 Å². The summed E-state index contributed by atoms with van der Waals surface area (Å²) >= 11 is 0. The summed E-state index contributed by atoms with van der Waals surface area (Å²) in [5.41, 5.74) is 12.4. The second kappa shape index (κ2) is 8.29. The van der Waals surface area contributed by atoms with Gasteiger partial charge < -0.3 is 21.1 Å². The van der Waals surface area contributed by atoms with Crippen molar-refractivity contribution in [2.45, 2.75) is 26.3 Å². The van der Waals surface area contributed by atoms with E-state index in [4.69, 9.17) is 5.73 Å². The maximum absolute atomic E-state index is 9.78. The van der Waals surface area contributed by atoms with Crippen molar-refractivity contribution >= 4 is 11.6 Å². The number of nitrogens with one attached hydrogen (secondary N) is 2. The molecule has 0 amide bonds. The van der Waals surface area contributed by atoms with Crippen LogP contribution in [0.25, 0.3) is 11.1 Å². The maximum atomic E-state index is 9.78. The zero-order valence-corrected chi connectivity index (χ0v) is 17.1.